The molecule has 4 atom stereocenters. The molecule has 4 rings (SSSR count). The lowest BCUT2D eigenvalue weighted by Gasteiger charge is -2.53. The molecule has 3 fully saturated rings. The van der Waals surface area contributed by atoms with Gasteiger partial charge in [0.25, 0.3) is 0 Å². The molecule has 6 nitrogen and oxygen atoms in total. The van der Waals surface area contributed by atoms with E-state index in [1.807, 2.05) is 0 Å². The van der Waals surface area contributed by atoms with Gasteiger partial charge >= 0.3 is 11.9 Å². The van der Waals surface area contributed by atoms with Gasteiger partial charge < -0.3 is 9.47 Å². The Labute approximate surface area is 212 Å². The van der Waals surface area contributed by atoms with E-state index in [1.54, 1.807) is 0 Å². The Morgan fingerprint density at radius 1 is 0.629 bits per heavy atom. The van der Waals surface area contributed by atoms with Gasteiger partial charge in [0.15, 0.2) is 0 Å². The molecule has 0 aromatic rings. The minimum Gasteiger partial charge on any atom is -0.462 e. The first-order valence-electron chi connectivity index (χ1n) is 13.5. The molecule has 2 aliphatic carbocycles. The molecule has 0 aromatic heterocycles. The number of carbonyl (C=O) groups excluding carboxylic acids is 2. The van der Waals surface area contributed by atoms with Crippen LogP contribution in [0.5, 0.6) is 0 Å². The van der Waals surface area contributed by atoms with Crippen LogP contribution >= 0.6 is 0 Å². The summed E-state index contributed by atoms with van der Waals surface area (Å²) in [5, 5.41) is 0. The van der Waals surface area contributed by atoms with Crippen LogP contribution in [0, 0.1) is 23.7 Å². The Morgan fingerprint density at radius 3 is 1.20 bits per heavy atom. The number of esters is 2. The number of likely N-dealkylation sites (tertiary alicyclic amines) is 2. The zero-order valence-corrected chi connectivity index (χ0v) is 23.7. The van der Waals surface area contributed by atoms with Crippen LogP contribution in [0.2, 0.25) is 0 Å². The predicted octanol–water partition coefficient (Wildman–Crippen LogP) is 4.81. The van der Waals surface area contributed by atoms with Crippen molar-refractivity contribution in [2.24, 2.45) is 23.7 Å². The summed E-state index contributed by atoms with van der Waals surface area (Å²) < 4.78 is 12.4. The molecule has 35 heavy (non-hydrogen) atoms. The van der Waals surface area contributed by atoms with E-state index in [2.05, 4.69) is 91.4 Å². The maximum absolute atomic E-state index is 13.6. The normalized spacial score (nSPS) is 36.3. The highest BCUT2D eigenvalue weighted by atomic mass is 16.6. The third-order valence-electron chi connectivity index (χ3n) is 10.1. The number of fused-ring (bicyclic) bond motifs is 2. The van der Waals surface area contributed by atoms with Crippen LogP contribution in [0.3, 0.4) is 0 Å². The van der Waals surface area contributed by atoms with Crippen LogP contribution in [0.15, 0.2) is 12.2 Å². The van der Waals surface area contributed by atoms with Gasteiger partial charge in [-0.1, -0.05) is 12.2 Å². The van der Waals surface area contributed by atoms with Gasteiger partial charge in [0.05, 0.1) is 11.8 Å². The van der Waals surface area contributed by atoms with Crippen LogP contribution in [0.1, 0.15) is 87.5 Å². The quantitative estimate of drug-likeness (QED) is 0.418. The first kappa shape index (κ1) is 26.7. The number of hydrogen-bond acceptors (Lipinski definition) is 6. The number of piperidine rings is 2. The largest absolute Gasteiger partial charge is 0.462 e. The molecule has 0 radical (unpaired) electrons. The van der Waals surface area contributed by atoms with Gasteiger partial charge in [-0.3, -0.25) is 19.4 Å². The summed E-state index contributed by atoms with van der Waals surface area (Å²) in [5.74, 6) is -1.15. The van der Waals surface area contributed by atoms with E-state index >= 15 is 0 Å². The van der Waals surface area contributed by atoms with E-state index in [-0.39, 0.29) is 58.1 Å². The van der Waals surface area contributed by atoms with E-state index in [0.717, 1.165) is 32.1 Å². The molecule has 0 N–H and O–H groups in total. The van der Waals surface area contributed by atoms with Crippen molar-refractivity contribution in [1.82, 2.24) is 9.80 Å². The van der Waals surface area contributed by atoms with Crippen molar-refractivity contribution >= 4 is 11.9 Å². The first-order chi connectivity index (χ1) is 15.9. The zero-order chi connectivity index (χ0) is 26.1. The van der Waals surface area contributed by atoms with Gasteiger partial charge in [-0.15, -0.1) is 0 Å². The van der Waals surface area contributed by atoms with Crippen molar-refractivity contribution in [1.29, 1.82) is 0 Å². The van der Waals surface area contributed by atoms with E-state index in [0.29, 0.717) is 0 Å². The molecule has 2 heterocycles. The molecular weight excluding hydrogens is 440 g/mol. The third kappa shape index (κ3) is 4.82. The fourth-order valence-electron chi connectivity index (χ4n) is 7.68. The number of hydrogen-bond donors (Lipinski definition) is 0. The maximum atomic E-state index is 13.6. The van der Waals surface area contributed by atoms with Crippen molar-refractivity contribution in [3.8, 4) is 0 Å². The first-order valence-corrected chi connectivity index (χ1v) is 13.5. The maximum Gasteiger partial charge on any atom is 0.310 e. The smallest absolute Gasteiger partial charge is 0.310 e. The molecule has 2 aliphatic heterocycles. The topological polar surface area (TPSA) is 59.1 Å². The van der Waals surface area contributed by atoms with Crippen molar-refractivity contribution in [2.45, 2.75) is 122 Å². The Hall–Kier alpha value is -1.40. The highest BCUT2D eigenvalue weighted by molar-refractivity contribution is 5.84. The van der Waals surface area contributed by atoms with E-state index in [1.165, 1.54) is 0 Å². The Bertz CT molecular complexity index is 783. The van der Waals surface area contributed by atoms with Crippen LogP contribution < -0.4 is 0 Å². The Morgan fingerprint density at radius 2 is 0.914 bits per heavy atom. The highest BCUT2D eigenvalue weighted by Gasteiger charge is 2.55. The van der Waals surface area contributed by atoms with E-state index in [9.17, 15) is 9.59 Å². The second-order valence-corrected chi connectivity index (χ2v) is 14.3. The Kier molecular flexibility index (Phi) is 6.53. The molecule has 4 aliphatic rings. The minimum atomic E-state index is -0.435. The van der Waals surface area contributed by atoms with Gasteiger partial charge in [-0.2, -0.15) is 0 Å². The number of carbonyl (C=O) groups is 2. The average Bonchev–Trinajstić information content (AvgIpc) is 3.31. The van der Waals surface area contributed by atoms with Gasteiger partial charge in [0.2, 0.25) is 0 Å². The van der Waals surface area contributed by atoms with E-state index in [4.69, 9.17) is 9.47 Å². The summed E-state index contributed by atoms with van der Waals surface area (Å²) in [6.07, 6.45) is 7.98. The third-order valence-corrected chi connectivity index (χ3v) is 10.1. The van der Waals surface area contributed by atoms with Crippen molar-refractivity contribution in [3.05, 3.63) is 12.2 Å². The van der Waals surface area contributed by atoms with Crippen LogP contribution in [0.25, 0.3) is 0 Å². The molecule has 2 unspecified atom stereocenters. The summed E-state index contributed by atoms with van der Waals surface area (Å²) in [4.78, 5) is 31.9. The second-order valence-electron chi connectivity index (χ2n) is 14.3. The van der Waals surface area contributed by atoms with Crippen LogP contribution in [-0.2, 0) is 19.1 Å². The molecule has 0 amide bonds. The van der Waals surface area contributed by atoms with Gasteiger partial charge in [0.1, 0.15) is 12.2 Å². The highest BCUT2D eigenvalue weighted by Crippen LogP contribution is 2.50. The molecule has 198 valence electrons. The average molecular weight is 489 g/mol. The summed E-state index contributed by atoms with van der Waals surface area (Å²) >= 11 is 0. The van der Waals surface area contributed by atoms with Gasteiger partial charge in [-0.05, 0) is 87.7 Å². The lowest BCUT2D eigenvalue weighted by atomic mass is 9.78. The molecule has 6 heteroatoms. The predicted molar refractivity (Wildman–Crippen MR) is 138 cm³/mol. The molecule has 0 spiro atoms. The zero-order valence-electron chi connectivity index (χ0n) is 23.7. The minimum absolute atomic E-state index is 0.0621. The number of ether oxygens (including phenoxy) is 2. The lowest BCUT2D eigenvalue weighted by molar-refractivity contribution is -0.176. The van der Waals surface area contributed by atoms with Crippen molar-refractivity contribution < 1.29 is 19.1 Å². The summed E-state index contributed by atoms with van der Waals surface area (Å²) in [6, 6.07) is 0. The fourth-order valence-corrected chi connectivity index (χ4v) is 7.68. The van der Waals surface area contributed by atoms with Crippen LogP contribution in [-0.4, -0.2) is 70.2 Å². The lowest BCUT2D eigenvalue weighted by Crippen LogP contribution is -2.60. The van der Waals surface area contributed by atoms with Crippen LogP contribution in [0.4, 0.5) is 0 Å². The molecule has 1 saturated carbocycles. The summed E-state index contributed by atoms with van der Waals surface area (Å²) in [6.45, 7) is 17.7. The fraction of sp³-hybridized carbons (Fsp3) is 0.862. The van der Waals surface area contributed by atoms with E-state index < -0.39 is 11.8 Å². The molecular formula is C29H48N2O4. The van der Waals surface area contributed by atoms with Gasteiger partial charge in [0, 0.05) is 47.8 Å². The molecule has 2 bridgehead atoms. The molecule has 2 saturated heterocycles. The number of nitrogens with zero attached hydrogens (tertiary/aromatic N) is 2. The SMILES string of the molecule is CN1C(C)(C)CC(OC(=O)C2C(C(=O)OC3CC(C)(C)N(C)C(C)(C)C3)[C@H]3C=C[C@@H]2C3)CC1(C)C. The number of allylic oxidation sites excluding steroid dienone is 2. The summed E-state index contributed by atoms with van der Waals surface area (Å²) in [7, 11) is 4.30. The Balaban J connectivity index is 1.47. The second kappa shape index (κ2) is 8.58. The molecule has 0 aromatic carbocycles. The summed E-state index contributed by atoms with van der Waals surface area (Å²) in [5.41, 5.74) is -0.249. The van der Waals surface area contributed by atoms with Crippen molar-refractivity contribution in [2.75, 3.05) is 14.1 Å². The van der Waals surface area contributed by atoms with Gasteiger partial charge in [-0.25, -0.2) is 0 Å². The monoisotopic (exact) mass is 488 g/mol. The standard InChI is InChI=1S/C29H48N2O4/c1-26(2)14-20(15-27(3,4)30(26)9)34-24(32)22-18-11-12-19(13-18)23(22)25(33)35-21-16-28(5,6)31(10)29(7,8)17-21/h11-12,18-23H,13-17H2,1-10H3/t18-,19+,22?,23?. The number of rotatable bonds is 4. The van der Waals surface area contributed by atoms with Crippen molar-refractivity contribution in [3.63, 3.8) is 0 Å².